The van der Waals surface area contributed by atoms with Gasteiger partial charge in [0, 0.05) is 17.4 Å². The molecule has 166 valence electrons. The van der Waals surface area contributed by atoms with Gasteiger partial charge in [-0.2, -0.15) is 4.98 Å². The van der Waals surface area contributed by atoms with Crippen molar-refractivity contribution in [2.24, 2.45) is 0 Å². The lowest BCUT2D eigenvalue weighted by Crippen LogP contribution is -2.06. The molecule has 32 heavy (non-hydrogen) atoms. The zero-order valence-electron chi connectivity index (χ0n) is 17.6. The fourth-order valence-corrected chi connectivity index (χ4v) is 3.68. The van der Waals surface area contributed by atoms with E-state index < -0.39 is 0 Å². The molecule has 0 atom stereocenters. The highest BCUT2D eigenvalue weighted by Gasteiger charge is 2.14. The van der Waals surface area contributed by atoms with Crippen LogP contribution in [-0.2, 0) is 22.6 Å². The van der Waals surface area contributed by atoms with Gasteiger partial charge in [-0.05, 0) is 37.3 Å². The number of furan rings is 1. The second kappa shape index (κ2) is 10.1. The van der Waals surface area contributed by atoms with Crippen molar-refractivity contribution in [1.29, 1.82) is 0 Å². The molecule has 4 rings (SSSR count). The minimum atomic E-state index is -0.375. The second-order valence-electron chi connectivity index (χ2n) is 6.59. The largest absolute Gasteiger partial charge is 0.493 e. The van der Waals surface area contributed by atoms with Gasteiger partial charge in [-0.3, -0.25) is 4.79 Å². The molecule has 0 unspecified atom stereocenters. The number of aryl methyl sites for hydroxylation is 1. The molecule has 0 aliphatic carbocycles. The summed E-state index contributed by atoms with van der Waals surface area (Å²) in [6, 6.07) is 9.12. The van der Waals surface area contributed by atoms with Crippen LogP contribution < -0.4 is 9.47 Å². The van der Waals surface area contributed by atoms with Crippen LogP contribution in [0.15, 0.2) is 50.9 Å². The van der Waals surface area contributed by atoms with E-state index in [9.17, 15) is 4.79 Å². The van der Waals surface area contributed by atoms with Gasteiger partial charge in [-0.25, -0.2) is 4.98 Å². The van der Waals surface area contributed by atoms with Crippen LogP contribution in [0, 0.1) is 0 Å². The van der Waals surface area contributed by atoms with Crippen LogP contribution in [0.4, 0.5) is 0 Å². The molecular formula is C22H21N3O6S. The Balaban J connectivity index is 1.29. The number of ether oxygens (including phenoxy) is 3. The van der Waals surface area contributed by atoms with Crippen LogP contribution in [-0.4, -0.2) is 34.8 Å². The highest BCUT2D eigenvalue weighted by Crippen LogP contribution is 2.33. The summed E-state index contributed by atoms with van der Waals surface area (Å²) in [6.07, 6.45) is 1.92. The minimum absolute atomic E-state index is 0.0883. The molecule has 0 N–H and O–H groups in total. The Morgan fingerprint density at radius 2 is 2.09 bits per heavy atom. The molecular weight excluding hydrogens is 434 g/mol. The molecule has 0 fully saturated rings. The van der Waals surface area contributed by atoms with Gasteiger partial charge in [0.15, 0.2) is 17.3 Å². The first-order valence-electron chi connectivity index (χ1n) is 9.94. The predicted octanol–water partition coefficient (Wildman–Crippen LogP) is 4.54. The van der Waals surface area contributed by atoms with Gasteiger partial charge < -0.3 is 23.2 Å². The number of hydrogen-bond acceptors (Lipinski definition) is 10. The normalized spacial score (nSPS) is 10.8. The average molecular weight is 455 g/mol. The summed E-state index contributed by atoms with van der Waals surface area (Å²) in [4.78, 5) is 20.8. The highest BCUT2D eigenvalue weighted by atomic mass is 32.1. The van der Waals surface area contributed by atoms with Crippen LogP contribution in [0.25, 0.3) is 22.2 Å². The second-order valence-corrected chi connectivity index (χ2v) is 7.45. The fraction of sp³-hybridized carbons (Fsp3) is 0.273. The Bertz CT molecular complexity index is 1170. The van der Waals surface area contributed by atoms with E-state index in [1.165, 1.54) is 17.6 Å². The van der Waals surface area contributed by atoms with Gasteiger partial charge in [0.05, 0.1) is 32.1 Å². The molecule has 0 bridgehead atoms. The molecule has 0 spiro atoms. The molecule has 0 amide bonds. The summed E-state index contributed by atoms with van der Waals surface area (Å²) >= 11 is 1.46. The van der Waals surface area contributed by atoms with E-state index in [1.54, 1.807) is 19.2 Å². The first-order chi connectivity index (χ1) is 15.7. The number of benzene rings is 1. The van der Waals surface area contributed by atoms with E-state index in [0.717, 1.165) is 10.6 Å². The lowest BCUT2D eigenvalue weighted by atomic mass is 10.2. The number of carbonyl (C=O) groups is 1. The van der Waals surface area contributed by atoms with Gasteiger partial charge in [0.2, 0.25) is 11.7 Å². The van der Waals surface area contributed by atoms with E-state index in [1.807, 2.05) is 30.5 Å². The summed E-state index contributed by atoms with van der Waals surface area (Å²) in [5.74, 6) is 2.14. The van der Waals surface area contributed by atoms with Crippen molar-refractivity contribution in [3.8, 4) is 33.7 Å². The number of methoxy groups -OCH3 is 1. The first kappa shape index (κ1) is 21.6. The predicted molar refractivity (Wildman–Crippen MR) is 115 cm³/mol. The molecule has 0 saturated carbocycles. The molecule has 0 aliphatic rings. The topological polar surface area (TPSA) is 110 Å². The third-order valence-electron chi connectivity index (χ3n) is 4.40. The Morgan fingerprint density at radius 1 is 1.19 bits per heavy atom. The highest BCUT2D eigenvalue weighted by molar-refractivity contribution is 7.13. The average Bonchev–Trinajstić information content (AvgIpc) is 3.58. The Morgan fingerprint density at radius 3 is 2.88 bits per heavy atom. The number of aromatic nitrogens is 3. The van der Waals surface area contributed by atoms with Crippen molar-refractivity contribution >= 4 is 17.3 Å². The molecule has 0 radical (unpaired) electrons. The molecule has 3 heterocycles. The standard InChI is InChI=1S/C22H21N3O6S/c1-3-28-16-7-6-14(11-18(16)27-2)22-23-15(13-32-22)12-30-20(26)9-8-19-24-21(25-31-19)17-5-4-10-29-17/h4-7,10-11,13H,3,8-9,12H2,1-2H3. The molecule has 0 saturated heterocycles. The number of carbonyl (C=O) groups excluding carboxylic acids is 1. The quantitative estimate of drug-likeness (QED) is 0.318. The van der Waals surface area contributed by atoms with Gasteiger partial charge in [0.1, 0.15) is 11.6 Å². The number of thiazole rings is 1. The molecule has 10 heteroatoms. The molecule has 0 aliphatic heterocycles. The maximum Gasteiger partial charge on any atom is 0.306 e. The summed E-state index contributed by atoms with van der Waals surface area (Å²) < 4.78 is 26.6. The monoisotopic (exact) mass is 455 g/mol. The fourth-order valence-electron chi connectivity index (χ4n) is 2.88. The zero-order chi connectivity index (χ0) is 22.3. The van der Waals surface area contributed by atoms with Crippen molar-refractivity contribution < 1.29 is 27.9 Å². The van der Waals surface area contributed by atoms with Gasteiger partial charge in [-0.1, -0.05) is 5.16 Å². The lowest BCUT2D eigenvalue weighted by molar-refractivity contribution is -0.145. The van der Waals surface area contributed by atoms with E-state index in [0.29, 0.717) is 41.3 Å². The summed E-state index contributed by atoms with van der Waals surface area (Å²) in [7, 11) is 1.60. The van der Waals surface area contributed by atoms with Crippen LogP contribution >= 0.6 is 11.3 Å². The number of hydrogen-bond donors (Lipinski definition) is 0. The van der Waals surface area contributed by atoms with Crippen LogP contribution in [0.5, 0.6) is 11.5 Å². The molecule has 1 aromatic carbocycles. The smallest absolute Gasteiger partial charge is 0.306 e. The third kappa shape index (κ3) is 5.14. The maximum atomic E-state index is 12.1. The minimum Gasteiger partial charge on any atom is -0.493 e. The first-order valence-corrected chi connectivity index (χ1v) is 10.8. The third-order valence-corrected chi connectivity index (χ3v) is 5.34. The van der Waals surface area contributed by atoms with E-state index in [-0.39, 0.29) is 25.4 Å². The van der Waals surface area contributed by atoms with Gasteiger partial charge >= 0.3 is 5.97 Å². The number of esters is 1. The van der Waals surface area contributed by atoms with Crippen molar-refractivity contribution in [2.75, 3.05) is 13.7 Å². The summed E-state index contributed by atoms with van der Waals surface area (Å²) in [5.41, 5.74) is 1.57. The Labute approximate surface area is 187 Å². The van der Waals surface area contributed by atoms with E-state index >= 15 is 0 Å². The SMILES string of the molecule is CCOc1ccc(-c2nc(COC(=O)CCc3nc(-c4ccco4)no3)cs2)cc1OC. The van der Waals surface area contributed by atoms with Gasteiger partial charge in [0.25, 0.3) is 0 Å². The summed E-state index contributed by atoms with van der Waals surface area (Å²) in [5, 5.41) is 6.49. The maximum absolute atomic E-state index is 12.1. The molecule has 3 aromatic heterocycles. The van der Waals surface area contributed by atoms with Crippen molar-refractivity contribution in [3.63, 3.8) is 0 Å². The van der Waals surface area contributed by atoms with Crippen LogP contribution in [0.1, 0.15) is 24.9 Å². The molecule has 9 nitrogen and oxygen atoms in total. The van der Waals surface area contributed by atoms with Crippen molar-refractivity contribution in [3.05, 3.63) is 53.6 Å². The van der Waals surface area contributed by atoms with Gasteiger partial charge in [-0.15, -0.1) is 11.3 Å². The zero-order valence-corrected chi connectivity index (χ0v) is 18.4. The van der Waals surface area contributed by atoms with Crippen molar-refractivity contribution in [1.82, 2.24) is 15.1 Å². The van der Waals surface area contributed by atoms with E-state index in [2.05, 4.69) is 15.1 Å². The summed E-state index contributed by atoms with van der Waals surface area (Å²) in [6.45, 7) is 2.56. The number of rotatable bonds is 10. The van der Waals surface area contributed by atoms with Crippen LogP contribution in [0.2, 0.25) is 0 Å². The Kier molecular flexibility index (Phi) is 6.81. The molecule has 4 aromatic rings. The Hall–Kier alpha value is -3.66. The van der Waals surface area contributed by atoms with Crippen molar-refractivity contribution in [2.45, 2.75) is 26.4 Å². The lowest BCUT2D eigenvalue weighted by Gasteiger charge is -2.09. The van der Waals surface area contributed by atoms with E-state index in [4.69, 9.17) is 23.2 Å². The number of nitrogens with zero attached hydrogens (tertiary/aromatic N) is 3. The van der Waals surface area contributed by atoms with Crippen LogP contribution in [0.3, 0.4) is 0 Å².